The first kappa shape index (κ1) is 15.5. The molecule has 3 rings (SSSR count). The number of hydrogen-bond donors (Lipinski definition) is 0. The van der Waals surface area contributed by atoms with E-state index in [1.54, 1.807) is 0 Å². The lowest BCUT2D eigenvalue weighted by atomic mass is 10.00. The van der Waals surface area contributed by atoms with E-state index in [0.717, 1.165) is 38.4 Å². The molecular formula is C18H25N3O. The van der Waals surface area contributed by atoms with Gasteiger partial charge in [0.25, 0.3) is 0 Å². The smallest absolute Gasteiger partial charge is 0.0991 e. The van der Waals surface area contributed by atoms with E-state index in [1.807, 2.05) is 12.1 Å². The van der Waals surface area contributed by atoms with Crippen LogP contribution in [0, 0.1) is 11.3 Å². The molecule has 1 aromatic carbocycles. The fourth-order valence-electron chi connectivity index (χ4n) is 3.48. The average Bonchev–Trinajstić information content (AvgIpc) is 2.58. The van der Waals surface area contributed by atoms with Crippen molar-refractivity contribution in [2.24, 2.45) is 0 Å². The van der Waals surface area contributed by atoms with Crippen LogP contribution in [0.15, 0.2) is 24.3 Å². The van der Waals surface area contributed by atoms with Crippen molar-refractivity contribution in [3.63, 3.8) is 0 Å². The van der Waals surface area contributed by atoms with Crippen LogP contribution in [-0.2, 0) is 11.3 Å². The van der Waals surface area contributed by atoms with Crippen molar-refractivity contribution in [1.82, 2.24) is 9.80 Å². The molecule has 2 fully saturated rings. The summed E-state index contributed by atoms with van der Waals surface area (Å²) in [5.74, 6) is 0. The van der Waals surface area contributed by atoms with Crippen LogP contribution in [0.3, 0.4) is 0 Å². The minimum absolute atomic E-state index is 0.655. The van der Waals surface area contributed by atoms with E-state index >= 15 is 0 Å². The van der Waals surface area contributed by atoms with E-state index in [-0.39, 0.29) is 0 Å². The zero-order valence-corrected chi connectivity index (χ0v) is 13.2. The van der Waals surface area contributed by atoms with Gasteiger partial charge in [-0.25, -0.2) is 0 Å². The SMILES string of the molecule is N#Cc1ccc(CN2CCCC[C@@H]2CN2CCOCC2)cc1. The standard InChI is InChI=1S/C18H25N3O/c19-13-16-4-6-17(7-5-16)14-21-8-2-1-3-18(21)15-20-9-11-22-12-10-20/h4-7,18H,1-3,8-12,14-15H2/t18-/m1/s1. The van der Waals surface area contributed by atoms with E-state index < -0.39 is 0 Å². The topological polar surface area (TPSA) is 39.5 Å². The third kappa shape index (κ3) is 4.07. The van der Waals surface area contributed by atoms with Gasteiger partial charge in [0, 0.05) is 32.2 Å². The molecule has 118 valence electrons. The Morgan fingerprint density at radius 2 is 1.86 bits per heavy atom. The number of ether oxygens (including phenoxy) is 1. The molecule has 0 N–H and O–H groups in total. The Labute approximate surface area is 133 Å². The van der Waals surface area contributed by atoms with Crippen molar-refractivity contribution in [2.45, 2.75) is 31.8 Å². The summed E-state index contributed by atoms with van der Waals surface area (Å²) >= 11 is 0. The molecule has 0 saturated carbocycles. The van der Waals surface area contributed by atoms with Gasteiger partial charge in [-0.1, -0.05) is 18.6 Å². The van der Waals surface area contributed by atoms with Crippen molar-refractivity contribution >= 4 is 0 Å². The maximum atomic E-state index is 8.90. The molecule has 4 nitrogen and oxygen atoms in total. The molecule has 0 radical (unpaired) electrons. The number of nitrogens with zero attached hydrogens (tertiary/aromatic N) is 3. The van der Waals surface area contributed by atoms with Gasteiger partial charge in [0.05, 0.1) is 24.8 Å². The number of nitriles is 1. The van der Waals surface area contributed by atoms with Crippen molar-refractivity contribution < 1.29 is 4.74 Å². The molecule has 2 heterocycles. The van der Waals surface area contributed by atoms with Crippen LogP contribution >= 0.6 is 0 Å². The molecule has 0 spiro atoms. The van der Waals surface area contributed by atoms with Crippen molar-refractivity contribution in [1.29, 1.82) is 5.26 Å². The second-order valence-electron chi connectivity index (χ2n) is 6.34. The maximum Gasteiger partial charge on any atom is 0.0991 e. The first-order valence-corrected chi connectivity index (χ1v) is 8.38. The lowest BCUT2D eigenvalue weighted by molar-refractivity contribution is 0.0153. The number of piperidine rings is 1. The average molecular weight is 299 g/mol. The summed E-state index contributed by atoms with van der Waals surface area (Å²) in [5, 5.41) is 8.90. The summed E-state index contributed by atoms with van der Waals surface area (Å²) < 4.78 is 5.45. The van der Waals surface area contributed by atoms with Gasteiger partial charge in [-0.15, -0.1) is 0 Å². The summed E-state index contributed by atoms with van der Waals surface area (Å²) in [6.07, 6.45) is 3.95. The fraction of sp³-hybridized carbons (Fsp3) is 0.611. The summed E-state index contributed by atoms with van der Waals surface area (Å²) in [4.78, 5) is 5.17. The molecule has 0 aliphatic carbocycles. The third-order valence-corrected chi connectivity index (χ3v) is 4.79. The first-order chi connectivity index (χ1) is 10.8. The predicted molar refractivity (Wildman–Crippen MR) is 86.5 cm³/mol. The Hall–Kier alpha value is -1.41. The lowest BCUT2D eigenvalue weighted by Crippen LogP contribution is -2.49. The normalized spacial score (nSPS) is 24.0. The van der Waals surface area contributed by atoms with E-state index in [4.69, 9.17) is 10.00 Å². The quantitative estimate of drug-likeness (QED) is 0.855. The van der Waals surface area contributed by atoms with Crippen LogP contribution in [0.1, 0.15) is 30.4 Å². The highest BCUT2D eigenvalue weighted by Gasteiger charge is 2.25. The van der Waals surface area contributed by atoms with Gasteiger partial charge in [0.1, 0.15) is 0 Å². The predicted octanol–water partition coefficient (Wildman–Crippen LogP) is 2.24. The second-order valence-corrected chi connectivity index (χ2v) is 6.34. The molecule has 0 unspecified atom stereocenters. The summed E-state index contributed by atoms with van der Waals surface area (Å²) in [6.45, 7) is 7.25. The molecule has 0 bridgehead atoms. The largest absolute Gasteiger partial charge is 0.379 e. The molecule has 22 heavy (non-hydrogen) atoms. The van der Waals surface area contributed by atoms with Crippen LogP contribution < -0.4 is 0 Å². The molecule has 2 aliphatic rings. The Morgan fingerprint density at radius 1 is 1.09 bits per heavy atom. The van der Waals surface area contributed by atoms with E-state index in [2.05, 4.69) is 28.0 Å². The molecule has 0 aromatic heterocycles. The minimum atomic E-state index is 0.655. The molecule has 1 atom stereocenters. The number of likely N-dealkylation sites (tertiary alicyclic amines) is 1. The highest BCUT2D eigenvalue weighted by molar-refractivity contribution is 5.31. The van der Waals surface area contributed by atoms with Crippen molar-refractivity contribution in [3.05, 3.63) is 35.4 Å². The van der Waals surface area contributed by atoms with Crippen molar-refractivity contribution in [2.75, 3.05) is 39.4 Å². The van der Waals surface area contributed by atoms with Gasteiger partial charge in [-0.2, -0.15) is 5.26 Å². The molecule has 4 heteroatoms. The Kier molecular flexibility index (Phi) is 5.44. The Morgan fingerprint density at radius 3 is 2.59 bits per heavy atom. The highest BCUT2D eigenvalue weighted by atomic mass is 16.5. The molecule has 0 amide bonds. The van der Waals surface area contributed by atoms with Crippen LogP contribution in [0.2, 0.25) is 0 Å². The number of benzene rings is 1. The monoisotopic (exact) mass is 299 g/mol. The number of hydrogen-bond acceptors (Lipinski definition) is 4. The lowest BCUT2D eigenvalue weighted by Gasteiger charge is -2.39. The zero-order valence-electron chi connectivity index (χ0n) is 13.2. The molecule has 2 aliphatic heterocycles. The van der Waals surface area contributed by atoms with Crippen LogP contribution in [0.4, 0.5) is 0 Å². The van der Waals surface area contributed by atoms with Gasteiger partial charge in [0.15, 0.2) is 0 Å². The zero-order chi connectivity index (χ0) is 15.2. The van der Waals surface area contributed by atoms with Crippen molar-refractivity contribution in [3.8, 4) is 6.07 Å². The second kappa shape index (κ2) is 7.73. The van der Waals surface area contributed by atoms with Gasteiger partial charge < -0.3 is 4.74 Å². The molecule has 2 saturated heterocycles. The molecule has 1 aromatic rings. The summed E-state index contributed by atoms with van der Waals surface area (Å²) in [5.41, 5.74) is 2.06. The Bertz CT molecular complexity index is 502. The highest BCUT2D eigenvalue weighted by Crippen LogP contribution is 2.21. The van der Waals surface area contributed by atoms with Gasteiger partial charge >= 0.3 is 0 Å². The maximum absolute atomic E-state index is 8.90. The van der Waals surface area contributed by atoms with Gasteiger partial charge in [0.2, 0.25) is 0 Å². The first-order valence-electron chi connectivity index (χ1n) is 8.38. The Balaban J connectivity index is 1.60. The van der Waals surface area contributed by atoms with Gasteiger partial charge in [-0.05, 0) is 37.1 Å². The fourth-order valence-corrected chi connectivity index (χ4v) is 3.48. The third-order valence-electron chi connectivity index (χ3n) is 4.79. The van der Waals surface area contributed by atoms with Gasteiger partial charge in [-0.3, -0.25) is 9.80 Å². The van der Waals surface area contributed by atoms with Crippen LogP contribution in [0.25, 0.3) is 0 Å². The van der Waals surface area contributed by atoms with E-state index in [9.17, 15) is 0 Å². The minimum Gasteiger partial charge on any atom is -0.379 e. The van der Waals surface area contributed by atoms with E-state index in [0.29, 0.717) is 6.04 Å². The van der Waals surface area contributed by atoms with Crippen LogP contribution in [-0.4, -0.2) is 55.2 Å². The summed E-state index contributed by atoms with van der Waals surface area (Å²) in [6, 6.07) is 10.9. The number of rotatable bonds is 4. The van der Waals surface area contributed by atoms with E-state index in [1.165, 1.54) is 37.9 Å². The number of morpholine rings is 1. The molecular weight excluding hydrogens is 274 g/mol. The van der Waals surface area contributed by atoms with Crippen LogP contribution in [0.5, 0.6) is 0 Å². The summed E-state index contributed by atoms with van der Waals surface area (Å²) in [7, 11) is 0.